The van der Waals surface area contributed by atoms with Gasteiger partial charge in [0.25, 0.3) is 11.4 Å². The van der Waals surface area contributed by atoms with Crippen LogP contribution < -0.4 is 9.47 Å². The van der Waals surface area contributed by atoms with Gasteiger partial charge >= 0.3 is 5.97 Å². The maximum atomic E-state index is 11.6. The van der Waals surface area contributed by atoms with E-state index in [1.165, 1.54) is 42.5 Å². The van der Waals surface area contributed by atoms with Crippen LogP contribution in [-0.4, -0.2) is 22.9 Å². The molecule has 0 radical (unpaired) electrons. The van der Waals surface area contributed by atoms with E-state index in [2.05, 4.69) is 4.74 Å². The first-order valence-corrected chi connectivity index (χ1v) is 12.4. The van der Waals surface area contributed by atoms with Crippen LogP contribution >= 0.6 is 46.4 Å². The number of benzene rings is 4. The van der Waals surface area contributed by atoms with E-state index in [0.717, 1.165) is 13.2 Å². The van der Waals surface area contributed by atoms with Crippen molar-refractivity contribution in [3.05, 3.63) is 125 Å². The predicted octanol–water partition coefficient (Wildman–Crippen LogP) is 9.17. The highest BCUT2D eigenvalue weighted by Gasteiger charge is 2.22. The Morgan fingerprint density at radius 3 is 1.62 bits per heavy atom. The van der Waals surface area contributed by atoms with E-state index in [-0.39, 0.29) is 27.7 Å². The molecule has 0 unspecified atom stereocenters. The molecular formula is C26H16Cl4N2O8. The van der Waals surface area contributed by atoms with Gasteiger partial charge in [0.2, 0.25) is 0 Å². The lowest BCUT2D eigenvalue weighted by atomic mass is 10.1. The molecular weight excluding hydrogens is 610 g/mol. The Hall–Kier alpha value is -4.09. The first-order chi connectivity index (χ1) is 19.0. The quantitative estimate of drug-likeness (QED) is 0.113. The molecule has 0 aliphatic carbocycles. The Balaban J connectivity index is 0.000000225. The molecule has 0 bridgehead atoms. The van der Waals surface area contributed by atoms with Gasteiger partial charge in [0.05, 0.1) is 27.0 Å². The van der Waals surface area contributed by atoms with Crippen LogP contribution in [0.1, 0.15) is 10.4 Å². The summed E-state index contributed by atoms with van der Waals surface area (Å²) < 4.78 is 15.5. The molecule has 206 valence electrons. The van der Waals surface area contributed by atoms with Gasteiger partial charge in [-0.05, 0) is 54.6 Å². The summed E-state index contributed by atoms with van der Waals surface area (Å²) in [6.07, 6.45) is 0. The highest BCUT2D eigenvalue weighted by Crippen LogP contribution is 2.34. The van der Waals surface area contributed by atoms with E-state index >= 15 is 0 Å². The molecule has 0 spiro atoms. The lowest BCUT2D eigenvalue weighted by Crippen LogP contribution is -2.05. The van der Waals surface area contributed by atoms with Gasteiger partial charge in [-0.3, -0.25) is 20.2 Å². The number of carbonyl (C=O) groups excluding carboxylic acids is 1. The largest absolute Gasteiger partial charge is 0.465 e. The molecule has 0 saturated carbocycles. The fourth-order valence-electron chi connectivity index (χ4n) is 3.02. The summed E-state index contributed by atoms with van der Waals surface area (Å²) in [4.78, 5) is 31.9. The molecule has 0 N–H and O–H groups in total. The Kier molecular flexibility index (Phi) is 10.5. The molecule has 14 heteroatoms. The maximum Gasteiger partial charge on any atom is 0.345 e. The van der Waals surface area contributed by atoms with E-state index in [0.29, 0.717) is 32.3 Å². The van der Waals surface area contributed by atoms with Crippen LogP contribution in [-0.2, 0) is 4.74 Å². The monoisotopic (exact) mass is 624 g/mol. The summed E-state index contributed by atoms with van der Waals surface area (Å²) in [7, 11) is 1.13. The van der Waals surface area contributed by atoms with Gasteiger partial charge in [0.15, 0.2) is 0 Å². The van der Waals surface area contributed by atoms with Gasteiger partial charge in [0.1, 0.15) is 28.6 Å². The Morgan fingerprint density at radius 1 is 0.675 bits per heavy atom. The fraction of sp³-hybridized carbons (Fsp3) is 0.0385. The Morgan fingerprint density at radius 2 is 1.18 bits per heavy atom. The van der Waals surface area contributed by atoms with Crippen LogP contribution in [0, 0.1) is 20.2 Å². The van der Waals surface area contributed by atoms with Crippen LogP contribution in [0.4, 0.5) is 11.4 Å². The third-order valence-corrected chi connectivity index (χ3v) is 5.92. The third-order valence-electron chi connectivity index (χ3n) is 4.86. The van der Waals surface area contributed by atoms with Crippen molar-refractivity contribution in [2.75, 3.05) is 7.11 Å². The van der Waals surface area contributed by atoms with E-state index in [1.807, 2.05) is 0 Å². The van der Waals surface area contributed by atoms with Crippen molar-refractivity contribution in [1.29, 1.82) is 0 Å². The van der Waals surface area contributed by atoms with E-state index in [4.69, 9.17) is 55.9 Å². The number of halogens is 4. The SMILES string of the molecule is COC(=O)c1cc(Oc2ccc(Cl)cc2Cl)ccc1[N+](=O)[O-].O=[N+]([O-])c1ccc(Oc2ccc(Cl)cc2Cl)cc1. The second kappa shape index (κ2) is 13.8. The zero-order chi connectivity index (χ0) is 29.4. The average Bonchev–Trinajstić information content (AvgIpc) is 2.92. The van der Waals surface area contributed by atoms with E-state index in [1.54, 1.807) is 30.3 Å². The molecule has 0 heterocycles. The Bertz CT molecular complexity index is 1570. The van der Waals surface area contributed by atoms with E-state index < -0.39 is 15.8 Å². The molecule has 0 atom stereocenters. The average molecular weight is 626 g/mol. The first kappa shape index (κ1) is 30.5. The van der Waals surface area contributed by atoms with Crippen LogP contribution in [0.2, 0.25) is 20.1 Å². The normalized spacial score (nSPS) is 10.1. The van der Waals surface area contributed by atoms with Crippen molar-refractivity contribution in [3.8, 4) is 23.0 Å². The lowest BCUT2D eigenvalue weighted by Gasteiger charge is -2.09. The highest BCUT2D eigenvalue weighted by molar-refractivity contribution is 6.36. The van der Waals surface area contributed by atoms with Crippen molar-refractivity contribution < 1.29 is 28.9 Å². The fourth-order valence-corrected chi connectivity index (χ4v) is 3.91. The molecule has 0 amide bonds. The van der Waals surface area contributed by atoms with Gasteiger partial charge in [0, 0.05) is 34.3 Å². The predicted molar refractivity (Wildman–Crippen MR) is 151 cm³/mol. The summed E-state index contributed by atoms with van der Waals surface area (Å²) in [5.74, 6) is 0.574. The topological polar surface area (TPSA) is 131 Å². The zero-order valence-corrected chi connectivity index (χ0v) is 23.2. The van der Waals surface area contributed by atoms with Crippen molar-refractivity contribution in [3.63, 3.8) is 0 Å². The van der Waals surface area contributed by atoms with Crippen molar-refractivity contribution in [2.45, 2.75) is 0 Å². The molecule has 0 fully saturated rings. The maximum absolute atomic E-state index is 11.6. The molecule has 4 aromatic carbocycles. The number of nitro groups is 2. The molecule has 4 aromatic rings. The van der Waals surface area contributed by atoms with Crippen molar-refractivity contribution >= 4 is 63.7 Å². The van der Waals surface area contributed by atoms with Crippen molar-refractivity contribution in [2.24, 2.45) is 0 Å². The van der Waals surface area contributed by atoms with Gasteiger partial charge in [-0.25, -0.2) is 4.79 Å². The van der Waals surface area contributed by atoms with Crippen LogP contribution in [0.15, 0.2) is 78.9 Å². The number of ether oxygens (including phenoxy) is 3. The molecule has 4 rings (SSSR count). The summed E-state index contributed by atoms with van der Waals surface area (Å²) in [5, 5.41) is 23.0. The minimum absolute atomic E-state index is 0.00422. The first-order valence-electron chi connectivity index (χ1n) is 10.9. The second-order valence-electron chi connectivity index (χ2n) is 7.53. The minimum atomic E-state index is -0.834. The molecule has 0 aliphatic heterocycles. The van der Waals surface area contributed by atoms with Gasteiger partial charge in [-0.15, -0.1) is 0 Å². The number of non-ortho nitro benzene ring substituents is 1. The standard InChI is InChI=1S/C14H9Cl2NO5.C12H7Cl2NO3/c1-21-14(18)10-7-9(3-4-12(10)17(19)20)22-13-5-2-8(15)6-11(13)16;13-8-1-6-12(11(14)7-8)18-10-4-2-9(3-5-10)15(16)17/h2-7H,1H3;1-7H. The third kappa shape index (κ3) is 8.20. The molecule has 0 aliphatic rings. The molecule has 0 saturated heterocycles. The van der Waals surface area contributed by atoms with Gasteiger partial charge < -0.3 is 14.2 Å². The second-order valence-corrected chi connectivity index (χ2v) is 9.22. The Labute approximate surface area is 246 Å². The number of nitro benzene ring substituents is 2. The van der Waals surface area contributed by atoms with E-state index in [9.17, 15) is 25.0 Å². The molecule has 0 aromatic heterocycles. The number of methoxy groups -OCH3 is 1. The number of esters is 1. The molecule has 10 nitrogen and oxygen atoms in total. The van der Waals surface area contributed by atoms with Crippen molar-refractivity contribution in [1.82, 2.24) is 0 Å². The zero-order valence-electron chi connectivity index (χ0n) is 20.2. The summed E-state index contributed by atoms with van der Waals surface area (Å²) in [6.45, 7) is 0. The minimum Gasteiger partial charge on any atom is -0.465 e. The van der Waals surface area contributed by atoms with Gasteiger partial charge in [-0.1, -0.05) is 46.4 Å². The summed E-state index contributed by atoms with van der Waals surface area (Å²) in [5.41, 5.74) is -0.582. The summed E-state index contributed by atoms with van der Waals surface area (Å²) in [6, 6.07) is 18.9. The van der Waals surface area contributed by atoms with Crippen LogP contribution in [0.5, 0.6) is 23.0 Å². The van der Waals surface area contributed by atoms with Crippen LogP contribution in [0.3, 0.4) is 0 Å². The summed E-state index contributed by atoms with van der Waals surface area (Å²) >= 11 is 23.5. The number of hydrogen-bond donors (Lipinski definition) is 0. The highest BCUT2D eigenvalue weighted by atomic mass is 35.5. The number of nitrogens with zero attached hydrogens (tertiary/aromatic N) is 2. The molecule has 40 heavy (non-hydrogen) atoms. The smallest absolute Gasteiger partial charge is 0.345 e. The number of carbonyl (C=O) groups is 1. The lowest BCUT2D eigenvalue weighted by molar-refractivity contribution is -0.385. The number of hydrogen-bond acceptors (Lipinski definition) is 8. The number of rotatable bonds is 7. The van der Waals surface area contributed by atoms with Gasteiger partial charge in [-0.2, -0.15) is 0 Å². The van der Waals surface area contributed by atoms with Crippen LogP contribution in [0.25, 0.3) is 0 Å².